The van der Waals surface area contributed by atoms with Gasteiger partial charge >= 0.3 is 0 Å². The van der Waals surface area contributed by atoms with Gasteiger partial charge in [0.15, 0.2) is 5.41 Å². The molecule has 0 radical (unpaired) electrons. The summed E-state index contributed by atoms with van der Waals surface area (Å²) in [4.78, 5) is 3.99. The zero-order valence-corrected chi connectivity index (χ0v) is 15.7. The summed E-state index contributed by atoms with van der Waals surface area (Å²) in [7, 11) is 0. The molecule has 7 heteroatoms. The third-order valence-electron chi connectivity index (χ3n) is 6.02. The first-order valence-electron chi connectivity index (χ1n) is 9.21. The van der Waals surface area contributed by atoms with Crippen LogP contribution in [0.5, 0.6) is 0 Å². The molecule has 7 nitrogen and oxygen atoms in total. The maximum absolute atomic E-state index is 10.3. The number of aromatic nitrogens is 1. The Morgan fingerprint density at radius 3 is 2.24 bits per heavy atom. The molecule has 1 aromatic heterocycles. The molecule has 0 spiro atoms. The van der Waals surface area contributed by atoms with Crippen molar-refractivity contribution in [2.75, 3.05) is 0 Å². The molecule has 1 N–H and O–H groups in total. The van der Waals surface area contributed by atoms with E-state index in [4.69, 9.17) is 14.9 Å². The molecule has 0 aliphatic carbocycles. The summed E-state index contributed by atoms with van der Waals surface area (Å²) < 4.78 is 12.4. The Morgan fingerprint density at radius 1 is 1.03 bits per heavy atom. The van der Waals surface area contributed by atoms with Crippen molar-refractivity contribution in [2.24, 2.45) is 16.7 Å². The third-order valence-corrected chi connectivity index (χ3v) is 6.02. The van der Waals surface area contributed by atoms with Gasteiger partial charge in [-0.1, -0.05) is 37.3 Å². The summed E-state index contributed by atoms with van der Waals surface area (Å²) in [5.74, 6) is -2.57. The maximum atomic E-state index is 10.3. The Kier molecular flexibility index (Phi) is 4.12. The number of fused-ring (bicyclic) bond motifs is 2. The van der Waals surface area contributed by atoms with Crippen LogP contribution >= 0.6 is 0 Å². The van der Waals surface area contributed by atoms with Crippen molar-refractivity contribution in [1.82, 2.24) is 4.98 Å². The van der Waals surface area contributed by atoms with Crippen LogP contribution in [0.3, 0.4) is 0 Å². The van der Waals surface area contributed by atoms with Gasteiger partial charge in [-0.3, -0.25) is 10.4 Å². The van der Waals surface area contributed by atoms with E-state index in [-0.39, 0.29) is 0 Å². The Bertz CT molecular complexity index is 1070. The topological polar surface area (TPSA) is 127 Å². The van der Waals surface area contributed by atoms with E-state index < -0.39 is 34.5 Å². The van der Waals surface area contributed by atoms with Crippen molar-refractivity contribution in [3.05, 3.63) is 66.0 Å². The third kappa shape index (κ3) is 2.07. The summed E-state index contributed by atoms with van der Waals surface area (Å²) in [5, 5.41) is 39.3. The SMILES string of the molecule is CCC1C2(c3ccccc3)OC(=N)C1(C#N)C(C#N)(C#N)C(c1ccncc1)O2. The van der Waals surface area contributed by atoms with Crippen molar-refractivity contribution in [3.8, 4) is 18.2 Å². The van der Waals surface area contributed by atoms with E-state index in [1.807, 2.05) is 37.3 Å². The van der Waals surface area contributed by atoms with E-state index in [2.05, 4.69) is 11.1 Å². The molecule has 2 aliphatic heterocycles. The van der Waals surface area contributed by atoms with Crippen molar-refractivity contribution >= 4 is 5.90 Å². The van der Waals surface area contributed by atoms with Crippen LogP contribution in [0.2, 0.25) is 0 Å². The molecule has 29 heavy (non-hydrogen) atoms. The molecule has 142 valence electrons. The molecule has 2 aliphatic rings. The van der Waals surface area contributed by atoms with Crippen molar-refractivity contribution < 1.29 is 9.47 Å². The lowest BCUT2D eigenvalue weighted by molar-refractivity contribution is -0.292. The van der Waals surface area contributed by atoms with Crippen molar-refractivity contribution in [2.45, 2.75) is 25.2 Å². The van der Waals surface area contributed by atoms with E-state index in [9.17, 15) is 15.8 Å². The van der Waals surface area contributed by atoms with Crippen LogP contribution in [0, 0.1) is 56.2 Å². The zero-order chi connectivity index (χ0) is 20.7. The van der Waals surface area contributed by atoms with Gasteiger partial charge in [-0.15, -0.1) is 0 Å². The predicted molar refractivity (Wildman–Crippen MR) is 100 cm³/mol. The van der Waals surface area contributed by atoms with Gasteiger partial charge in [0.1, 0.15) is 6.10 Å². The Morgan fingerprint density at radius 2 is 1.69 bits per heavy atom. The van der Waals surface area contributed by atoms with E-state index in [1.54, 1.807) is 24.3 Å². The quantitative estimate of drug-likeness (QED) is 0.863. The van der Waals surface area contributed by atoms with Crippen LogP contribution in [0.25, 0.3) is 0 Å². The standard InChI is InChI=1S/C22H17N5O2/c1-2-17-21(14-25)19(26)29-22(17,16-6-4-3-5-7-16)28-18(20(21,12-23)13-24)15-8-10-27-11-9-15/h3-11,17-18,26H,2H2,1H3. The second-order valence-corrected chi connectivity index (χ2v) is 7.16. The monoisotopic (exact) mass is 383 g/mol. The van der Waals surface area contributed by atoms with Crippen LogP contribution in [-0.4, -0.2) is 10.9 Å². The van der Waals surface area contributed by atoms with Crippen LogP contribution in [0.15, 0.2) is 54.9 Å². The van der Waals surface area contributed by atoms with Crippen LogP contribution in [0.1, 0.15) is 30.6 Å². The number of rotatable bonds is 3. The van der Waals surface area contributed by atoms with Crippen molar-refractivity contribution in [3.63, 3.8) is 0 Å². The first-order chi connectivity index (χ1) is 14.1. The molecular formula is C22H17N5O2. The molecule has 0 saturated carbocycles. The second-order valence-electron chi connectivity index (χ2n) is 7.16. The van der Waals surface area contributed by atoms with Crippen molar-refractivity contribution in [1.29, 1.82) is 21.2 Å². The molecule has 1 aromatic carbocycles. The molecule has 2 fully saturated rings. The van der Waals surface area contributed by atoms with Crippen LogP contribution < -0.4 is 0 Å². The summed E-state index contributed by atoms with van der Waals surface area (Å²) in [6.07, 6.45) is 2.34. The molecule has 4 rings (SSSR count). The Labute approximate surface area is 168 Å². The molecule has 2 bridgehead atoms. The first kappa shape index (κ1) is 18.6. The highest BCUT2D eigenvalue weighted by Gasteiger charge is 2.80. The highest BCUT2D eigenvalue weighted by molar-refractivity contribution is 5.89. The molecule has 2 saturated heterocycles. The lowest BCUT2D eigenvalue weighted by Gasteiger charge is -2.49. The predicted octanol–water partition coefficient (Wildman–Crippen LogP) is 3.58. The fourth-order valence-electron chi connectivity index (χ4n) is 4.74. The molecule has 2 aromatic rings. The fraction of sp³-hybridized carbons (Fsp3) is 0.318. The maximum Gasteiger partial charge on any atom is 0.244 e. The molecule has 0 amide bonds. The van der Waals surface area contributed by atoms with Gasteiger partial charge in [0.25, 0.3) is 0 Å². The van der Waals surface area contributed by atoms with Gasteiger partial charge in [-0.25, -0.2) is 0 Å². The molecule has 4 atom stereocenters. The molecule has 3 heterocycles. The lowest BCUT2D eigenvalue weighted by atomic mass is 9.52. The number of benzene rings is 1. The highest BCUT2D eigenvalue weighted by atomic mass is 16.7. The minimum absolute atomic E-state index is 0.374. The number of pyridine rings is 1. The lowest BCUT2D eigenvalue weighted by Crippen LogP contribution is -2.58. The van der Waals surface area contributed by atoms with Gasteiger partial charge in [-0.2, -0.15) is 15.8 Å². The zero-order valence-electron chi connectivity index (χ0n) is 15.7. The smallest absolute Gasteiger partial charge is 0.244 e. The Balaban J connectivity index is 2.08. The summed E-state index contributed by atoms with van der Waals surface area (Å²) >= 11 is 0. The van der Waals surface area contributed by atoms with Crippen LogP contribution in [0.4, 0.5) is 0 Å². The minimum atomic E-state index is -1.96. The van der Waals surface area contributed by atoms with Gasteiger partial charge in [0, 0.05) is 18.0 Å². The van der Waals surface area contributed by atoms with E-state index in [0.717, 1.165) is 0 Å². The Hall–Kier alpha value is -3.73. The summed E-state index contributed by atoms with van der Waals surface area (Å²) in [5.41, 5.74) is -2.59. The number of hydrogen-bond donors (Lipinski definition) is 1. The van der Waals surface area contributed by atoms with E-state index >= 15 is 0 Å². The highest BCUT2D eigenvalue weighted by Crippen LogP contribution is 2.69. The number of nitrogens with one attached hydrogen (secondary N) is 1. The van der Waals surface area contributed by atoms with Gasteiger partial charge in [0.05, 0.1) is 24.1 Å². The van der Waals surface area contributed by atoms with Crippen LogP contribution in [-0.2, 0) is 15.3 Å². The first-order valence-corrected chi connectivity index (χ1v) is 9.21. The number of nitrogens with zero attached hydrogens (tertiary/aromatic N) is 4. The van der Waals surface area contributed by atoms with E-state index in [0.29, 0.717) is 17.5 Å². The number of hydrogen-bond acceptors (Lipinski definition) is 7. The normalized spacial score (nSPS) is 31.7. The fourth-order valence-corrected chi connectivity index (χ4v) is 4.74. The van der Waals surface area contributed by atoms with Gasteiger partial charge < -0.3 is 9.47 Å². The number of ether oxygens (including phenoxy) is 2. The second kappa shape index (κ2) is 6.41. The average Bonchev–Trinajstić information content (AvgIpc) is 2.99. The molecular weight excluding hydrogens is 366 g/mol. The van der Waals surface area contributed by atoms with E-state index in [1.165, 1.54) is 12.4 Å². The van der Waals surface area contributed by atoms with Gasteiger partial charge in [0.2, 0.25) is 17.1 Å². The number of nitriles is 3. The molecule has 4 unspecified atom stereocenters. The van der Waals surface area contributed by atoms with Gasteiger partial charge in [-0.05, 0) is 24.1 Å². The summed E-state index contributed by atoms with van der Waals surface area (Å²) in [6, 6.07) is 18.6. The summed E-state index contributed by atoms with van der Waals surface area (Å²) in [6.45, 7) is 1.84. The largest absolute Gasteiger partial charge is 0.443 e. The minimum Gasteiger partial charge on any atom is -0.443 e. The average molecular weight is 383 g/mol.